The molecular weight excluding hydrogens is 360 g/mol. The Balaban J connectivity index is 1.49. The summed E-state index contributed by atoms with van der Waals surface area (Å²) in [4.78, 5) is 28.2. The number of carbonyl (C=O) groups is 1. The Hall–Kier alpha value is -2.48. The van der Waals surface area contributed by atoms with Gasteiger partial charge in [-0.25, -0.2) is 9.97 Å². The lowest BCUT2D eigenvalue weighted by Gasteiger charge is -2.37. The van der Waals surface area contributed by atoms with E-state index in [4.69, 9.17) is 0 Å². The van der Waals surface area contributed by atoms with E-state index in [2.05, 4.69) is 33.8 Å². The van der Waals surface area contributed by atoms with E-state index in [9.17, 15) is 4.79 Å². The van der Waals surface area contributed by atoms with Gasteiger partial charge in [0.05, 0.1) is 5.39 Å². The molecule has 4 heterocycles. The van der Waals surface area contributed by atoms with E-state index in [0.717, 1.165) is 36.6 Å². The lowest BCUT2D eigenvalue weighted by atomic mass is 10.0. The molecule has 7 nitrogen and oxygen atoms in total. The van der Waals surface area contributed by atoms with E-state index >= 15 is 0 Å². The molecule has 0 aromatic carbocycles. The molecule has 3 aromatic rings. The van der Waals surface area contributed by atoms with Crippen molar-refractivity contribution in [1.82, 2.24) is 24.6 Å². The lowest BCUT2D eigenvalue weighted by molar-refractivity contribution is 0.0702. The first-order valence-corrected chi connectivity index (χ1v) is 10.00. The number of fused-ring (bicyclic) bond motifs is 1. The van der Waals surface area contributed by atoms with Crippen molar-refractivity contribution in [1.29, 1.82) is 0 Å². The smallest absolute Gasteiger partial charge is 0.274 e. The van der Waals surface area contributed by atoms with Crippen molar-refractivity contribution in [2.24, 2.45) is 7.05 Å². The zero-order chi connectivity index (χ0) is 19.1. The van der Waals surface area contributed by atoms with Crippen LogP contribution in [0, 0.1) is 13.8 Å². The van der Waals surface area contributed by atoms with Crippen LogP contribution in [0.1, 0.15) is 33.8 Å². The second-order valence-electron chi connectivity index (χ2n) is 7.17. The number of carbonyl (C=O) groups excluding carboxylic acids is 1. The van der Waals surface area contributed by atoms with Crippen LogP contribution < -0.4 is 4.90 Å². The summed E-state index contributed by atoms with van der Waals surface area (Å²) in [5, 5.41) is 5.41. The minimum atomic E-state index is -0.0113. The van der Waals surface area contributed by atoms with Crippen molar-refractivity contribution < 1.29 is 4.79 Å². The van der Waals surface area contributed by atoms with E-state index in [1.165, 1.54) is 15.8 Å². The van der Waals surface area contributed by atoms with Gasteiger partial charge in [0.2, 0.25) is 0 Å². The third-order valence-electron chi connectivity index (χ3n) is 5.51. The molecule has 0 radical (unpaired) electrons. The molecule has 0 spiro atoms. The molecule has 1 aliphatic rings. The standard InChI is InChI=1S/C19H24N6OS/c1-12-13(2)27-18-16(12)17(20-11-21-18)25-9-5-14(6-10-25)24(4)19(26)15-7-8-23(3)22-15/h7-8,11,14H,5-6,9-10H2,1-4H3. The van der Waals surface area contributed by atoms with Gasteiger partial charge in [-0.05, 0) is 38.3 Å². The molecule has 27 heavy (non-hydrogen) atoms. The van der Waals surface area contributed by atoms with Crippen LogP contribution in [-0.2, 0) is 7.05 Å². The summed E-state index contributed by atoms with van der Waals surface area (Å²) in [6, 6.07) is 1.99. The quantitative estimate of drug-likeness (QED) is 0.695. The zero-order valence-electron chi connectivity index (χ0n) is 16.1. The second kappa shape index (κ2) is 6.92. The predicted octanol–water partition coefficient (Wildman–Crippen LogP) is 2.78. The van der Waals surface area contributed by atoms with E-state index in [-0.39, 0.29) is 11.9 Å². The van der Waals surface area contributed by atoms with Gasteiger partial charge in [-0.3, -0.25) is 9.48 Å². The molecule has 0 N–H and O–H groups in total. The molecule has 142 valence electrons. The summed E-state index contributed by atoms with van der Waals surface area (Å²) in [7, 11) is 3.71. The van der Waals surface area contributed by atoms with E-state index < -0.39 is 0 Å². The highest BCUT2D eigenvalue weighted by Crippen LogP contribution is 2.35. The van der Waals surface area contributed by atoms with Gasteiger partial charge in [-0.15, -0.1) is 11.3 Å². The van der Waals surface area contributed by atoms with Crippen LogP contribution in [0.3, 0.4) is 0 Å². The number of piperidine rings is 1. The summed E-state index contributed by atoms with van der Waals surface area (Å²) in [6.07, 6.45) is 5.30. The first-order chi connectivity index (χ1) is 13.0. The van der Waals surface area contributed by atoms with Crippen molar-refractivity contribution >= 4 is 33.3 Å². The molecule has 1 fully saturated rings. The maximum Gasteiger partial charge on any atom is 0.274 e. The number of rotatable bonds is 3. The summed E-state index contributed by atoms with van der Waals surface area (Å²) >= 11 is 1.73. The van der Waals surface area contributed by atoms with Gasteiger partial charge in [0.1, 0.15) is 22.7 Å². The minimum absolute atomic E-state index is 0.0113. The van der Waals surface area contributed by atoms with Crippen molar-refractivity contribution in [3.63, 3.8) is 0 Å². The molecular formula is C19H24N6OS. The van der Waals surface area contributed by atoms with Gasteiger partial charge in [0.25, 0.3) is 5.91 Å². The Labute approximate surface area is 162 Å². The largest absolute Gasteiger partial charge is 0.356 e. The third kappa shape index (κ3) is 3.18. The van der Waals surface area contributed by atoms with Crippen molar-refractivity contribution in [3.8, 4) is 0 Å². The fraction of sp³-hybridized carbons (Fsp3) is 0.474. The Morgan fingerprint density at radius 1 is 1.26 bits per heavy atom. The number of anilines is 1. The zero-order valence-corrected chi connectivity index (χ0v) is 17.0. The van der Waals surface area contributed by atoms with Gasteiger partial charge in [-0.2, -0.15) is 5.10 Å². The normalized spacial score (nSPS) is 15.5. The van der Waals surface area contributed by atoms with Crippen LogP contribution in [0.15, 0.2) is 18.6 Å². The number of thiophene rings is 1. The molecule has 1 aliphatic heterocycles. The number of aromatic nitrogens is 4. The first-order valence-electron chi connectivity index (χ1n) is 9.18. The Morgan fingerprint density at radius 3 is 2.67 bits per heavy atom. The molecule has 0 unspecified atom stereocenters. The van der Waals surface area contributed by atoms with Crippen molar-refractivity contribution in [3.05, 3.63) is 34.7 Å². The molecule has 0 bridgehead atoms. The third-order valence-corrected chi connectivity index (χ3v) is 6.63. The topological polar surface area (TPSA) is 67.2 Å². The predicted molar refractivity (Wildman–Crippen MR) is 107 cm³/mol. The van der Waals surface area contributed by atoms with Gasteiger partial charge in [-0.1, -0.05) is 0 Å². The van der Waals surface area contributed by atoms with Crippen LogP contribution in [0.4, 0.5) is 5.82 Å². The molecule has 0 aliphatic carbocycles. The number of hydrogen-bond donors (Lipinski definition) is 0. The molecule has 0 atom stereocenters. The highest BCUT2D eigenvalue weighted by molar-refractivity contribution is 7.18. The highest BCUT2D eigenvalue weighted by Gasteiger charge is 2.28. The molecule has 8 heteroatoms. The van der Waals surface area contributed by atoms with Crippen LogP contribution in [0.25, 0.3) is 10.2 Å². The number of aryl methyl sites for hydroxylation is 3. The van der Waals surface area contributed by atoms with Crippen molar-refractivity contribution in [2.45, 2.75) is 32.7 Å². The average Bonchev–Trinajstić information content (AvgIpc) is 3.24. The Bertz CT molecular complexity index is 985. The average molecular weight is 385 g/mol. The second-order valence-corrected chi connectivity index (χ2v) is 8.37. The molecule has 1 amide bonds. The molecule has 4 rings (SSSR count). The number of hydrogen-bond acceptors (Lipinski definition) is 6. The first kappa shape index (κ1) is 17.9. The lowest BCUT2D eigenvalue weighted by Crippen LogP contribution is -2.46. The summed E-state index contributed by atoms with van der Waals surface area (Å²) in [6.45, 7) is 6.04. The molecule has 3 aromatic heterocycles. The van der Waals surface area contributed by atoms with Crippen LogP contribution in [0.2, 0.25) is 0 Å². The van der Waals surface area contributed by atoms with Gasteiger partial charge < -0.3 is 9.80 Å². The molecule has 0 saturated carbocycles. The Morgan fingerprint density at radius 2 is 2.00 bits per heavy atom. The van der Waals surface area contributed by atoms with Gasteiger partial charge in [0, 0.05) is 44.3 Å². The molecule has 1 saturated heterocycles. The maximum atomic E-state index is 12.6. The monoisotopic (exact) mass is 384 g/mol. The van der Waals surface area contributed by atoms with Crippen LogP contribution in [0.5, 0.6) is 0 Å². The van der Waals surface area contributed by atoms with Crippen molar-refractivity contribution in [2.75, 3.05) is 25.0 Å². The Kier molecular flexibility index (Phi) is 4.59. The van der Waals surface area contributed by atoms with Crippen LogP contribution >= 0.6 is 11.3 Å². The van der Waals surface area contributed by atoms with Gasteiger partial charge in [0.15, 0.2) is 0 Å². The van der Waals surface area contributed by atoms with E-state index in [1.54, 1.807) is 34.6 Å². The SMILES string of the molecule is Cc1sc2ncnc(N3CCC(N(C)C(=O)c4ccn(C)n4)CC3)c2c1C. The maximum absolute atomic E-state index is 12.6. The van der Waals surface area contributed by atoms with E-state index in [1.807, 2.05) is 19.0 Å². The summed E-state index contributed by atoms with van der Waals surface area (Å²) < 4.78 is 1.66. The van der Waals surface area contributed by atoms with Gasteiger partial charge >= 0.3 is 0 Å². The minimum Gasteiger partial charge on any atom is -0.356 e. The van der Waals surface area contributed by atoms with Crippen LogP contribution in [-0.4, -0.2) is 56.7 Å². The summed E-state index contributed by atoms with van der Waals surface area (Å²) in [5.74, 6) is 1.02. The number of amides is 1. The fourth-order valence-electron chi connectivity index (χ4n) is 3.74. The summed E-state index contributed by atoms with van der Waals surface area (Å²) in [5.41, 5.74) is 1.78. The highest BCUT2D eigenvalue weighted by atomic mass is 32.1. The fourth-order valence-corrected chi connectivity index (χ4v) is 4.74. The number of nitrogens with zero attached hydrogens (tertiary/aromatic N) is 6. The van der Waals surface area contributed by atoms with E-state index in [0.29, 0.717) is 5.69 Å².